The first-order valence-electron chi connectivity index (χ1n) is 11.2. The Morgan fingerprint density at radius 1 is 1.16 bits per heavy atom. The highest BCUT2D eigenvalue weighted by Crippen LogP contribution is 2.39. The maximum Gasteiger partial charge on any atom is 0.479 e. The molecule has 2 amide bonds. The lowest BCUT2D eigenvalue weighted by Crippen LogP contribution is -2.56. The minimum Gasteiger partial charge on any atom is -0.426 e. The van der Waals surface area contributed by atoms with Gasteiger partial charge in [-0.1, -0.05) is 49.6 Å². The predicted octanol–water partition coefficient (Wildman–Crippen LogP) is 1.27. The van der Waals surface area contributed by atoms with Crippen LogP contribution in [0.2, 0.25) is 6.32 Å². The van der Waals surface area contributed by atoms with E-state index in [2.05, 4.69) is 15.8 Å². The quantitative estimate of drug-likeness (QED) is 0.0816. The van der Waals surface area contributed by atoms with Crippen molar-refractivity contribution >= 4 is 24.9 Å². The Bertz CT molecular complexity index is 778. The Morgan fingerprint density at radius 3 is 2.44 bits per heavy atom. The summed E-state index contributed by atoms with van der Waals surface area (Å²) >= 11 is 0. The molecule has 9 nitrogen and oxygen atoms in total. The van der Waals surface area contributed by atoms with Gasteiger partial charge < -0.3 is 21.8 Å². The van der Waals surface area contributed by atoms with Crippen molar-refractivity contribution in [3.63, 3.8) is 0 Å². The molecule has 0 bridgehead atoms. The summed E-state index contributed by atoms with van der Waals surface area (Å²) in [6.45, 7) is 4.35. The second-order valence-electron chi connectivity index (χ2n) is 9.10. The summed E-state index contributed by atoms with van der Waals surface area (Å²) in [6.07, 6.45) is 4.72. The maximum atomic E-state index is 13.2. The number of carbonyl (C=O) groups excluding carboxylic acids is 2. The van der Waals surface area contributed by atoms with Gasteiger partial charge in [-0.2, -0.15) is 0 Å². The number of nitrogens with zero attached hydrogens (tertiary/aromatic N) is 1. The molecule has 7 N–H and O–H groups in total. The van der Waals surface area contributed by atoms with Crippen LogP contribution in [0, 0.1) is 5.41 Å². The van der Waals surface area contributed by atoms with Crippen LogP contribution >= 0.6 is 0 Å². The average molecular weight is 445 g/mol. The Morgan fingerprint density at radius 2 is 1.81 bits per heavy atom. The second-order valence-corrected chi connectivity index (χ2v) is 9.10. The van der Waals surface area contributed by atoms with Gasteiger partial charge in [-0.3, -0.25) is 19.3 Å². The van der Waals surface area contributed by atoms with Gasteiger partial charge in [0.1, 0.15) is 5.41 Å². The first kappa shape index (κ1) is 25.7. The molecule has 1 aromatic rings. The standard InChI is InChI=1S/C22H36BN5O4/c1-21(2,16-17-10-4-3-5-11-17)27-18(29)22(12-6-7-13-22)19(30)28-32-23(31)14-8-9-15-26-20(24)25/h3-5,10-11,31H,6-9,12-16H2,1-2H3,(H,27,29)(H,28,30)(H4,24,25,26). The largest absolute Gasteiger partial charge is 0.479 e. The SMILES string of the molecule is CC(C)(Cc1ccccc1)NC(=O)C1(C(=O)NOB(O)CCCCN=C(N)N)CCCC1. The van der Waals surface area contributed by atoms with E-state index in [0.717, 1.165) is 18.4 Å². The lowest BCUT2D eigenvalue weighted by Gasteiger charge is -2.33. The summed E-state index contributed by atoms with van der Waals surface area (Å²) in [5, 5.41) is 13.1. The van der Waals surface area contributed by atoms with E-state index in [1.54, 1.807) is 0 Å². The van der Waals surface area contributed by atoms with Gasteiger partial charge in [0.2, 0.25) is 5.91 Å². The third-order valence-electron chi connectivity index (χ3n) is 5.71. The molecule has 0 heterocycles. The third-order valence-corrected chi connectivity index (χ3v) is 5.71. The van der Waals surface area contributed by atoms with E-state index in [9.17, 15) is 14.6 Å². The molecule has 1 aliphatic carbocycles. The van der Waals surface area contributed by atoms with Gasteiger partial charge in [0, 0.05) is 12.1 Å². The molecule has 0 radical (unpaired) electrons. The van der Waals surface area contributed by atoms with E-state index < -0.39 is 24.0 Å². The molecule has 1 aromatic carbocycles. The molecule has 0 saturated heterocycles. The van der Waals surface area contributed by atoms with Crippen LogP contribution in [0.15, 0.2) is 35.3 Å². The molecular weight excluding hydrogens is 409 g/mol. The highest BCUT2D eigenvalue weighted by atomic mass is 16.7. The van der Waals surface area contributed by atoms with Gasteiger partial charge in [0.05, 0.1) is 0 Å². The fraction of sp³-hybridized carbons (Fsp3) is 0.591. The van der Waals surface area contributed by atoms with Gasteiger partial charge in [-0.05, 0) is 51.4 Å². The van der Waals surface area contributed by atoms with Gasteiger partial charge in [0.25, 0.3) is 5.91 Å². The van der Waals surface area contributed by atoms with Gasteiger partial charge in [-0.15, -0.1) is 0 Å². The van der Waals surface area contributed by atoms with Crippen LogP contribution in [-0.2, 0) is 20.8 Å². The summed E-state index contributed by atoms with van der Waals surface area (Å²) in [5.74, 6) is -0.785. The van der Waals surface area contributed by atoms with Crippen LogP contribution in [0.1, 0.15) is 57.9 Å². The Labute approximate surface area is 190 Å². The molecule has 0 spiro atoms. The van der Waals surface area contributed by atoms with Crippen molar-refractivity contribution in [3.8, 4) is 0 Å². The number of unbranched alkanes of at least 4 members (excludes halogenated alkanes) is 1. The normalized spacial score (nSPS) is 15.1. The van der Waals surface area contributed by atoms with Crippen molar-refractivity contribution in [3.05, 3.63) is 35.9 Å². The summed E-state index contributed by atoms with van der Waals surface area (Å²) < 4.78 is 5.14. The monoisotopic (exact) mass is 445 g/mol. The fourth-order valence-electron chi connectivity index (χ4n) is 4.03. The van der Waals surface area contributed by atoms with Crippen LogP contribution in [0.25, 0.3) is 0 Å². The molecule has 1 fully saturated rings. The molecule has 2 rings (SSSR count). The number of guanidine groups is 1. The van der Waals surface area contributed by atoms with E-state index in [4.69, 9.17) is 16.2 Å². The third kappa shape index (κ3) is 7.83. The van der Waals surface area contributed by atoms with Crippen molar-refractivity contribution < 1.29 is 19.4 Å². The van der Waals surface area contributed by atoms with Crippen LogP contribution in [0.5, 0.6) is 0 Å². The van der Waals surface area contributed by atoms with Crippen molar-refractivity contribution in [1.82, 2.24) is 10.8 Å². The first-order valence-corrected chi connectivity index (χ1v) is 11.2. The predicted molar refractivity (Wildman–Crippen MR) is 125 cm³/mol. The lowest BCUT2D eigenvalue weighted by atomic mass is 9.82. The Hall–Kier alpha value is -2.59. The number of aliphatic imine (C=N–C) groups is 1. The molecule has 1 aliphatic rings. The molecular formula is C22H36BN5O4. The van der Waals surface area contributed by atoms with Crippen LogP contribution < -0.4 is 22.3 Å². The molecule has 0 unspecified atom stereocenters. The Balaban J connectivity index is 1.89. The minimum atomic E-state index is -1.19. The average Bonchev–Trinajstić information content (AvgIpc) is 3.23. The zero-order valence-corrected chi connectivity index (χ0v) is 19.1. The zero-order chi connectivity index (χ0) is 23.6. The van der Waals surface area contributed by atoms with Crippen LogP contribution in [-0.4, -0.2) is 42.0 Å². The zero-order valence-electron chi connectivity index (χ0n) is 19.1. The number of benzene rings is 1. The van der Waals surface area contributed by atoms with Gasteiger partial charge in [0.15, 0.2) is 5.96 Å². The molecule has 176 valence electrons. The number of nitrogens with one attached hydrogen (secondary N) is 2. The van der Waals surface area contributed by atoms with E-state index in [0.29, 0.717) is 45.0 Å². The molecule has 0 aliphatic heterocycles. The van der Waals surface area contributed by atoms with Crippen molar-refractivity contribution in [1.29, 1.82) is 0 Å². The second kappa shape index (κ2) is 11.9. The van der Waals surface area contributed by atoms with E-state index >= 15 is 0 Å². The smallest absolute Gasteiger partial charge is 0.426 e. The summed E-state index contributed by atoms with van der Waals surface area (Å²) in [6, 6.07) is 9.90. The van der Waals surface area contributed by atoms with Crippen LogP contribution in [0.4, 0.5) is 0 Å². The minimum absolute atomic E-state index is 0.0288. The maximum absolute atomic E-state index is 13.2. The number of carbonyl (C=O) groups is 2. The van der Waals surface area contributed by atoms with E-state index in [1.807, 2.05) is 44.2 Å². The summed E-state index contributed by atoms with van der Waals surface area (Å²) in [4.78, 5) is 30.1. The molecule has 1 saturated carbocycles. The topological polar surface area (TPSA) is 152 Å². The molecule has 32 heavy (non-hydrogen) atoms. The van der Waals surface area contributed by atoms with E-state index in [-0.39, 0.29) is 11.9 Å². The fourth-order valence-corrected chi connectivity index (χ4v) is 4.03. The summed E-state index contributed by atoms with van der Waals surface area (Å²) in [7, 11) is -1.17. The molecule has 0 aromatic heterocycles. The Kier molecular flexibility index (Phi) is 9.52. The number of hydroxylamine groups is 1. The van der Waals surface area contributed by atoms with E-state index in [1.165, 1.54) is 0 Å². The lowest BCUT2D eigenvalue weighted by molar-refractivity contribution is -0.149. The highest BCUT2D eigenvalue weighted by molar-refractivity contribution is 6.42. The highest BCUT2D eigenvalue weighted by Gasteiger charge is 2.49. The number of nitrogens with two attached hydrogens (primary N) is 2. The van der Waals surface area contributed by atoms with Crippen molar-refractivity contribution in [2.24, 2.45) is 21.9 Å². The number of hydrogen-bond donors (Lipinski definition) is 5. The molecule has 10 heteroatoms. The van der Waals surface area contributed by atoms with Crippen LogP contribution in [0.3, 0.4) is 0 Å². The van der Waals surface area contributed by atoms with Crippen molar-refractivity contribution in [2.75, 3.05) is 6.54 Å². The number of hydrogen-bond acceptors (Lipinski definition) is 5. The first-order chi connectivity index (χ1) is 15.1. The number of rotatable bonds is 12. The summed E-state index contributed by atoms with van der Waals surface area (Å²) in [5.41, 5.74) is 12.2. The molecule has 0 atom stereocenters. The van der Waals surface area contributed by atoms with Gasteiger partial charge >= 0.3 is 7.12 Å². The number of amides is 2. The van der Waals surface area contributed by atoms with Gasteiger partial charge in [-0.25, -0.2) is 5.48 Å². The van der Waals surface area contributed by atoms with Crippen molar-refractivity contribution in [2.45, 2.75) is 70.7 Å².